The number of hydrogen-bond donors (Lipinski definition) is 2. The fraction of sp³-hybridized carbons (Fsp3) is 0.214. The number of ether oxygens (including phenoxy) is 3. The summed E-state index contributed by atoms with van der Waals surface area (Å²) in [5.74, 6) is 0.837. The van der Waals surface area contributed by atoms with Gasteiger partial charge in [-0.3, -0.25) is 14.2 Å². The van der Waals surface area contributed by atoms with E-state index in [4.69, 9.17) is 42.4 Å². The second-order valence-electron chi connectivity index (χ2n) is 8.57. The number of aromatic nitrogens is 3. The number of carbonyl (C=O) groups is 1. The van der Waals surface area contributed by atoms with Crippen molar-refractivity contribution in [2.24, 2.45) is 0 Å². The smallest absolute Gasteiger partial charge is 0.261 e. The molecule has 0 fully saturated rings. The van der Waals surface area contributed by atoms with Crippen LogP contribution in [0.2, 0.25) is 10.0 Å². The molecule has 0 bridgehead atoms. The Bertz CT molecular complexity index is 1640. The maximum Gasteiger partial charge on any atom is 0.261 e. The standard InChI is InChI=1S/C28H27Cl2N5O5/c1-6-22(36)32-17-9-7-8-15(2)26(17)34-21-12-16-18(14-31-21)33-27(35(28(16)37)10-11-38-3)23-24(29)19(39-4)13-20(40-5)25(23)30/h6-9,12-14H,1,10-11H2,2-5H3,(H,31,34)(H,32,36). The highest BCUT2D eigenvalue weighted by molar-refractivity contribution is 6.41. The van der Waals surface area contributed by atoms with Crippen LogP contribution in [0.15, 0.2) is 54.0 Å². The van der Waals surface area contributed by atoms with Gasteiger partial charge in [0.1, 0.15) is 23.1 Å². The van der Waals surface area contributed by atoms with Gasteiger partial charge in [0.25, 0.3) is 5.56 Å². The van der Waals surface area contributed by atoms with Crippen LogP contribution in [0.4, 0.5) is 17.2 Å². The van der Waals surface area contributed by atoms with E-state index >= 15 is 0 Å². The Kier molecular flexibility index (Phi) is 8.93. The van der Waals surface area contributed by atoms with Crippen molar-refractivity contribution in [2.75, 3.05) is 38.6 Å². The van der Waals surface area contributed by atoms with E-state index in [9.17, 15) is 9.59 Å². The molecule has 0 saturated heterocycles. The molecule has 0 aliphatic carbocycles. The molecular weight excluding hydrogens is 557 g/mol. The zero-order valence-electron chi connectivity index (χ0n) is 22.3. The van der Waals surface area contributed by atoms with Crippen molar-refractivity contribution in [2.45, 2.75) is 13.5 Å². The van der Waals surface area contributed by atoms with Crippen LogP contribution in [0, 0.1) is 6.92 Å². The van der Waals surface area contributed by atoms with Crippen LogP contribution >= 0.6 is 23.2 Å². The minimum absolute atomic E-state index is 0.167. The molecule has 0 aliphatic heterocycles. The van der Waals surface area contributed by atoms with Crippen molar-refractivity contribution in [1.82, 2.24) is 14.5 Å². The SMILES string of the molecule is C=CC(=O)Nc1cccc(C)c1Nc1cc2c(=O)n(CCOC)c(-c3c(Cl)c(OC)cc(OC)c3Cl)nc2cn1. The number of carbonyl (C=O) groups excluding carboxylic acids is 1. The van der Waals surface area contributed by atoms with Crippen molar-refractivity contribution in [1.29, 1.82) is 0 Å². The molecule has 2 aromatic carbocycles. The first-order valence-electron chi connectivity index (χ1n) is 12.0. The summed E-state index contributed by atoms with van der Waals surface area (Å²) in [6.07, 6.45) is 2.66. The molecule has 0 spiro atoms. The van der Waals surface area contributed by atoms with Gasteiger partial charge in [-0.05, 0) is 30.7 Å². The lowest BCUT2D eigenvalue weighted by Gasteiger charge is -2.19. The lowest BCUT2D eigenvalue weighted by Crippen LogP contribution is -2.26. The van der Waals surface area contributed by atoms with Gasteiger partial charge in [0.05, 0.1) is 71.5 Å². The maximum atomic E-state index is 13.9. The van der Waals surface area contributed by atoms with Crippen LogP contribution in [0.5, 0.6) is 11.5 Å². The number of para-hydroxylation sites is 1. The number of hydrogen-bond acceptors (Lipinski definition) is 8. The van der Waals surface area contributed by atoms with Crippen molar-refractivity contribution >= 4 is 57.2 Å². The fourth-order valence-electron chi connectivity index (χ4n) is 4.11. The minimum Gasteiger partial charge on any atom is -0.495 e. The first kappa shape index (κ1) is 28.9. The van der Waals surface area contributed by atoms with Gasteiger partial charge in [0, 0.05) is 13.2 Å². The predicted molar refractivity (Wildman–Crippen MR) is 158 cm³/mol. The van der Waals surface area contributed by atoms with Crippen molar-refractivity contribution in [3.63, 3.8) is 0 Å². The number of benzene rings is 2. The summed E-state index contributed by atoms with van der Waals surface area (Å²) in [6.45, 7) is 5.77. The van der Waals surface area contributed by atoms with E-state index in [2.05, 4.69) is 22.2 Å². The number of amides is 1. The second-order valence-corrected chi connectivity index (χ2v) is 9.33. The number of fused-ring (bicyclic) bond motifs is 1. The Morgan fingerprint density at radius 2 is 1.82 bits per heavy atom. The van der Waals surface area contributed by atoms with Gasteiger partial charge in [-0.25, -0.2) is 9.97 Å². The van der Waals surface area contributed by atoms with Gasteiger partial charge < -0.3 is 24.8 Å². The summed E-state index contributed by atoms with van der Waals surface area (Å²) in [5.41, 5.74) is 2.25. The molecule has 40 heavy (non-hydrogen) atoms. The number of halogens is 2. The van der Waals surface area contributed by atoms with E-state index in [0.29, 0.717) is 39.6 Å². The molecule has 4 rings (SSSR count). The summed E-state index contributed by atoms with van der Waals surface area (Å²) >= 11 is 13.3. The number of pyridine rings is 1. The quantitative estimate of drug-likeness (QED) is 0.231. The summed E-state index contributed by atoms with van der Waals surface area (Å²) in [4.78, 5) is 35.0. The van der Waals surface area contributed by atoms with Crippen molar-refractivity contribution < 1.29 is 19.0 Å². The number of nitrogens with zero attached hydrogens (tertiary/aromatic N) is 3. The molecule has 1 amide bonds. The highest BCUT2D eigenvalue weighted by Crippen LogP contribution is 2.45. The Morgan fingerprint density at radius 1 is 1.12 bits per heavy atom. The second kappa shape index (κ2) is 12.4. The fourth-order valence-corrected chi connectivity index (χ4v) is 4.78. The zero-order chi connectivity index (χ0) is 29.0. The first-order chi connectivity index (χ1) is 19.2. The van der Waals surface area contributed by atoms with E-state index in [1.165, 1.54) is 38.2 Å². The summed E-state index contributed by atoms with van der Waals surface area (Å²) in [5, 5.41) is 6.62. The van der Waals surface area contributed by atoms with Gasteiger partial charge in [-0.1, -0.05) is 41.9 Å². The molecule has 0 radical (unpaired) electrons. The number of nitrogens with one attached hydrogen (secondary N) is 2. The average molecular weight is 584 g/mol. The van der Waals surface area contributed by atoms with Crippen LogP contribution in [0.25, 0.3) is 22.3 Å². The molecule has 0 unspecified atom stereocenters. The first-order valence-corrected chi connectivity index (χ1v) is 12.8. The van der Waals surface area contributed by atoms with Gasteiger partial charge in [0.15, 0.2) is 0 Å². The van der Waals surface area contributed by atoms with Gasteiger partial charge in [-0.2, -0.15) is 0 Å². The van der Waals surface area contributed by atoms with E-state index in [0.717, 1.165) is 5.56 Å². The molecule has 4 aromatic rings. The molecular formula is C28H27Cl2N5O5. The molecule has 208 valence electrons. The third-order valence-electron chi connectivity index (χ3n) is 6.13. The van der Waals surface area contributed by atoms with E-state index < -0.39 is 0 Å². The molecule has 0 saturated carbocycles. The third kappa shape index (κ3) is 5.60. The summed E-state index contributed by atoms with van der Waals surface area (Å²) in [6, 6.07) is 8.60. The normalized spacial score (nSPS) is 10.8. The van der Waals surface area contributed by atoms with Crippen LogP contribution < -0.4 is 25.7 Å². The van der Waals surface area contributed by atoms with Gasteiger partial charge in [0.2, 0.25) is 5.91 Å². The number of methoxy groups -OCH3 is 3. The Morgan fingerprint density at radius 3 is 2.45 bits per heavy atom. The summed E-state index contributed by atoms with van der Waals surface area (Å²) < 4.78 is 17.5. The van der Waals surface area contributed by atoms with E-state index in [1.807, 2.05) is 19.1 Å². The molecule has 12 heteroatoms. The van der Waals surface area contributed by atoms with Crippen molar-refractivity contribution in [3.8, 4) is 22.9 Å². The van der Waals surface area contributed by atoms with E-state index in [1.54, 1.807) is 18.2 Å². The molecule has 2 heterocycles. The predicted octanol–water partition coefficient (Wildman–Crippen LogP) is 5.61. The van der Waals surface area contributed by atoms with Crippen LogP contribution in [0.1, 0.15) is 5.56 Å². The number of rotatable bonds is 10. The molecule has 10 nitrogen and oxygen atoms in total. The summed E-state index contributed by atoms with van der Waals surface area (Å²) in [7, 11) is 4.46. The molecule has 0 atom stereocenters. The van der Waals surface area contributed by atoms with Gasteiger partial charge >= 0.3 is 0 Å². The van der Waals surface area contributed by atoms with Gasteiger partial charge in [-0.15, -0.1) is 0 Å². The minimum atomic E-state index is -0.360. The van der Waals surface area contributed by atoms with Crippen molar-refractivity contribution in [3.05, 3.63) is 75.1 Å². The Hall–Kier alpha value is -4.12. The van der Waals surface area contributed by atoms with E-state index in [-0.39, 0.29) is 46.1 Å². The zero-order valence-corrected chi connectivity index (χ0v) is 23.8. The monoisotopic (exact) mass is 583 g/mol. The Labute approximate surface area is 240 Å². The van der Waals surface area contributed by atoms with Crippen LogP contribution in [-0.4, -0.2) is 48.4 Å². The third-order valence-corrected chi connectivity index (χ3v) is 6.88. The molecule has 2 aromatic heterocycles. The average Bonchev–Trinajstić information content (AvgIpc) is 2.95. The van der Waals surface area contributed by atoms with Crippen LogP contribution in [0.3, 0.4) is 0 Å². The lowest BCUT2D eigenvalue weighted by atomic mass is 10.1. The molecule has 2 N–H and O–H groups in total. The number of aryl methyl sites for hydroxylation is 1. The Balaban J connectivity index is 1.90. The largest absolute Gasteiger partial charge is 0.495 e. The highest BCUT2D eigenvalue weighted by Gasteiger charge is 2.24. The van der Waals surface area contributed by atoms with Crippen LogP contribution in [-0.2, 0) is 16.1 Å². The number of anilines is 3. The molecule has 0 aliphatic rings. The highest BCUT2D eigenvalue weighted by atomic mass is 35.5. The topological polar surface area (TPSA) is 117 Å². The lowest BCUT2D eigenvalue weighted by molar-refractivity contribution is -0.111. The maximum absolute atomic E-state index is 13.9.